The maximum Gasteiger partial charge on any atom is 0.133 e. The van der Waals surface area contributed by atoms with Gasteiger partial charge in [-0.25, -0.2) is 4.98 Å². The fourth-order valence-electron chi connectivity index (χ4n) is 2.25. The molecule has 0 saturated heterocycles. The Morgan fingerprint density at radius 1 is 1.35 bits per heavy atom. The SMILES string of the molecule is CCN(C)c1nccc2c1CN(C(C)(C)C)C2. The molecule has 17 heavy (non-hydrogen) atoms. The van der Waals surface area contributed by atoms with Crippen LogP contribution in [0.4, 0.5) is 5.82 Å². The van der Waals surface area contributed by atoms with Crippen LogP contribution >= 0.6 is 0 Å². The quantitative estimate of drug-likeness (QED) is 0.783. The molecule has 1 aromatic rings. The molecule has 94 valence electrons. The Morgan fingerprint density at radius 3 is 2.65 bits per heavy atom. The van der Waals surface area contributed by atoms with E-state index in [2.05, 4.69) is 55.6 Å². The van der Waals surface area contributed by atoms with Gasteiger partial charge in [-0.2, -0.15) is 0 Å². The first kappa shape index (κ1) is 12.4. The predicted octanol–water partition coefficient (Wildman–Crippen LogP) is 2.65. The number of hydrogen-bond donors (Lipinski definition) is 0. The van der Waals surface area contributed by atoms with Crippen LogP contribution in [-0.2, 0) is 13.1 Å². The van der Waals surface area contributed by atoms with E-state index in [0.29, 0.717) is 0 Å². The van der Waals surface area contributed by atoms with Crippen LogP contribution in [0.5, 0.6) is 0 Å². The molecule has 2 heterocycles. The van der Waals surface area contributed by atoms with Gasteiger partial charge in [0.2, 0.25) is 0 Å². The summed E-state index contributed by atoms with van der Waals surface area (Å²) in [5.74, 6) is 1.15. The van der Waals surface area contributed by atoms with E-state index < -0.39 is 0 Å². The Labute approximate surface area is 104 Å². The second-order valence-corrected chi connectivity index (χ2v) is 5.81. The highest BCUT2D eigenvalue weighted by Crippen LogP contribution is 2.33. The Hall–Kier alpha value is -1.09. The highest BCUT2D eigenvalue weighted by molar-refractivity contribution is 5.51. The standard InChI is InChI=1S/C14H23N3/c1-6-16(5)13-12-10-17(14(2,3)4)9-11(12)7-8-15-13/h7-8H,6,9-10H2,1-5H3. The zero-order valence-electron chi connectivity index (χ0n) is 11.6. The summed E-state index contributed by atoms with van der Waals surface area (Å²) in [6.45, 7) is 12.1. The summed E-state index contributed by atoms with van der Waals surface area (Å²) >= 11 is 0. The van der Waals surface area contributed by atoms with Crippen LogP contribution in [0.2, 0.25) is 0 Å². The first-order chi connectivity index (χ1) is 7.93. The van der Waals surface area contributed by atoms with Crippen LogP contribution in [0.15, 0.2) is 12.3 Å². The number of anilines is 1. The van der Waals surface area contributed by atoms with Gasteiger partial charge in [0.15, 0.2) is 0 Å². The van der Waals surface area contributed by atoms with Crippen molar-refractivity contribution in [2.24, 2.45) is 0 Å². The zero-order chi connectivity index (χ0) is 12.6. The van der Waals surface area contributed by atoms with Gasteiger partial charge in [-0.15, -0.1) is 0 Å². The van der Waals surface area contributed by atoms with E-state index in [9.17, 15) is 0 Å². The van der Waals surface area contributed by atoms with Crippen LogP contribution in [0.25, 0.3) is 0 Å². The molecule has 3 nitrogen and oxygen atoms in total. The molecule has 1 aliphatic rings. The van der Waals surface area contributed by atoms with Crippen molar-refractivity contribution in [2.75, 3.05) is 18.5 Å². The summed E-state index contributed by atoms with van der Waals surface area (Å²) < 4.78 is 0. The summed E-state index contributed by atoms with van der Waals surface area (Å²) in [6, 6.07) is 2.16. The molecule has 0 fully saturated rings. The van der Waals surface area contributed by atoms with Gasteiger partial charge in [0.05, 0.1) is 0 Å². The lowest BCUT2D eigenvalue weighted by Gasteiger charge is -2.31. The number of pyridine rings is 1. The largest absolute Gasteiger partial charge is 0.360 e. The molecular weight excluding hydrogens is 210 g/mol. The van der Waals surface area contributed by atoms with Gasteiger partial charge in [0, 0.05) is 44.0 Å². The van der Waals surface area contributed by atoms with E-state index >= 15 is 0 Å². The molecule has 0 saturated carbocycles. The van der Waals surface area contributed by atoms with Gasteiger partial charge in [-0.1, -0.05) is 0 Å². The van der Waals surface area contributed by atoms with Crippen molar-refractivity contribution in [1.29, 1.82) is 0 Å². The van der Waals surface area contributed by atoms with Crippen LogP contribution < -0.4 is 4.90 Å². The van der Waals surface area contributed by atoms with Crippen molar-refractivity contribution in [3.63, 3.8) is 0 Å². The predicted molar refractivity (Wildman–Crippen MR) is 72.2 cm³/mol. The number of rotatable bonds is 2. The van der Waals surface area contributed by atoms with Crippen molar-refractivity contribution >= 4 is 5.82 Å². The van der Waals surface area contributed by atoms with E-state index in [1.54, 1.807) is 0 Å². The lowest BCUT2D eigenvalue weighted by Crippen LogP contribution is -2.37. The molecule has 1 aliphatic heterocycles. The van der Waals surface area contributed by atoms with Gasteiger partial charge in [0.25, 0.3) is 0 Å². The molecule has 0 radical (unpaired) electrons. The fraction of sp³-hybridized carbons (Fsp3) is 0.643. The monoisotopic (exact) mass is 233 g/mol. The smallest absolute Gasteiger partial charge is 0.133 e. The van der Waals surface area contributed by atoms with Gasteiger partial charge in [-0.05, 0) is 39.3 Å². The molecule has 0 bridgehead atoms. The Kier molecular flexibility index (Phi) is 3.13. The zero-order valence-corrected chi connectivity index (χ0v) is 11.6. The summed E-state index contributed by atoms with van der Waals surface area (Å²) in [4.78, 5) is 9.27. The van der Waals surface area contributed by atoms with Crippen LogP contribution in [0.1, 0.15) is 38.8 Å². The summed E-state index contributed by atoms with van der Waals surface area (Å²) in [6.07, 6.45) is 1.94. The normalized spacial score (nSPS) is 16.1. The van der Waals surface area contributed by atoms with Crippen molar-refractivity contribution in [2.45, 2.75) is 46.3 Å². The molecule has 1 aromatic heterocycles. The molecule has 0 atom stereocenters. The number of nitrogens with zero attached hydrogens (tertiary/aromatic N) is 3. The maximum atomic E-state index is 4.54. The van der Waals surface area contributed by atoms with E-state index in [4.69, 9.17) is 0 Å². The topological polar surface area (TPSA) is 19.4 Å². The third-order valence-corrected chi connectivity index (χ3v) is 3.62. The average Bonchev–Trinajstić information content (AvgIpc) is 2.71. The van der Waals surface area contributed by atoms with Gasteiger partial charge >= 0.3 is 0 Å². The third kappa shape index (κ3) is 2.29. The maximum absolute atomic E-state index is 4.54. The Morgan fingerprint density at radius 2 is 2.06 bits per heavy atom. The fourth-order valence-corrected chi connectivity index (χ4v) is 2.25. The first-order valence-corrected chi connectivity index (χ1v) is 6.36. The second-order valence-electron chi connectivity index (χ2n) is 5.81. The van der Waals surface area contributed by atoms with E-state index in [0.717, 1.165) is 25.5 Å². The van der Waals surface area contributed by atoms with E-state index in [1.165, 1.54) is 11.1 Å². The highest BCUT2D eigenvalue weighted by Gasteiger charge is 2.30. The third-order valence-electron chi connectivity index (χ3n) is 3.62. The van der Waals surface area contributed by atoms with Gasteiger partial charge < -0.3 is 4.90 Å². The Bertz CT molecular complexity index is 406. The Balaban J connectivity index is 2.32. The summed E-state index contributed by atoms with van der Waals surface area (Å²) in [7, 11) is 2.11. The molecule has 0 unspecified atom stereocenters. The van der Waals surface area contributed by atoms with Crippen LogP contribution in [-0.4, -0.2) is 29.0 Å². The minimum absolute atomic E-state index is 0.223. The average molecular weight is 233 g/mol. The highest BCUT2D eigenvalue weighted by atomic mass is 15.2. The summed E-state index contributed by atoms with van der Waals surface area (Å²) in [5, 5.41) is 0. The van der Waals surface area contributed by atoms with Crippen molar-refractivity contribution < 1.29 is 0 Å². The molecule has 0 aromatic carbocycles. The van der Waals surface area contributed by atoms with Crippen LogP contribution in [0.3, 0.4) is 0 Å². The molecule has 0 amide bonds. The lowest BCUT2D eigenvalue weighted by molar-refractivity contribution is 0.136. The molecular formula is C14H23N3. The van der Waals surface area contributed by atoms with E-state index in [-0.39, 0.29) is 5.54 Å². The molecule has 2 rings (SSSR count). The lowest BCUT2D eigenvalue weighted by atomic mass is 10.1. The molecule has 0 aliphatic carbocycles. The van der Waals surface area contributed by atoms with Crippen LogP contribution in [0, 0.1) is 0 Å². The van der Waals surface area contributed by atoms with Gasteiger partial charge in [-0.3, -0.25) is 4.90 Å². The van der Waals surface area contributed by atoms with Gasteiger partial charge in [0.1, 0.15) is 5.82 Å². The summed E-state index contributed by atoms with van der Waals surface area (Å²) in [5.41, 5.74) is 3.07. The number of fused-ring (bicyclic) bond motifs is 1. The second kappa shape index (κ2) is 4.30. The van der Waals surface area contributed by atoms with Crippen molar-refractivity contribution in [1.82, 2.24) is 9.88 Å². The number of aromatic nitrogens is 1. The molecule has 0 spiro atoms. The molecule has 0 N–H and O–H groups in total. The molecule has 3 heteroatoms. The number of hydrogen-bond acceptors (Lipinski definition) is 3. The minimum atomic E-state index is 0.223. The van der Waals surface area contributed by atoms with Crippen molar-refractivity contribution in [3.05, 3.63) is 23.4 Å². The minimum Gasteiger partial charge on any atom is -0.360 e. The van der Waals surface area contributed by atoms with Crippen molar-refractivity contribution in [3.8, 4) is 0 Å². The first-order valence-electron chi connectivity index (χ1n) is 6.36. The van der Waals surface area contributed by atoms with E-state index in [1.807, 2.05) is 6.20 Å².